The number of aliphatic hydroxyl groups is 1. The number of Topliss-reactive ketones (excluding diaryl/α,β-unsaturated/α-hetero) is 1. The molecule has 2 heterocycles. The fourth-order valence-electron chi connectivity index (χ4n) is 3.70. The molecular formula is C25H22N2O4. The zero-order valence-electron chi connectivity index (χ0n) is 17.5. The van der Waals surface area contributed by atoms with E-state index >= 15 is 0 Å². The molecule has 1 amide bonds. The molecule has 156 valence electrons. The number of ketones is 1. The Morgan fingerprint density at radius 3 is 2.35 bits per heavy atom. The van der Waals surface area contributed by atoms with Gasteiger partial charge in [0.2, 0.25) is 0 Å². The number of aromatic nitrogens is 1. The Balaban J connectivity index is 1.92. The van der Waals surface area contributed by atoms with E-state index in [0.717, 1.165) is 11.1 Å². The number of pyridine rings is 1. The predicted molar refractivity (Wildman–Crippen MR) is 118 cm³/mol. The minimum atomic E-state index is -0.842. The Hall–Kier alpha value is -3.93. The highest BCUT2D eigenvalue weighted by atomic mass is 16.5. The SMILES string of the molecule is COc1ccc(/C(O)=C2\C(=O)C(=O)N(c3ccc(C)c(C)c3)C2c2ccccn2)cc1. The zero-order chi connectivity index (χ0) is 22.1. The first-order valence-electron chi connectivity index (χ1n) is 9.86. The zero-order valence-corrected chi connectivity index (χ0v) is 17.5. The van der Waals surface area contributed by atoms with Gasteiger partial charge in [-0.2, -0.15) is 0 Å². The highest BCUT2D eigenvalue weighted by Crippen LogP contribution is 2.41. The van der Waals surface area contributed by atoms with Crippen LogP contribution in [0.5, 0.6) is 5.75 Å². The summed E-state index contributed by atoms with van der Waals surface area (Å²) in [7, 11) is 1.55. The molecule has 0 bridgehead atoms. The molecule has 0 spiro atoms. The monoisotopic (exact) mass is 414 g/mol. The number of aliphatic hydroxyl groups excluding tert-OH is 1. The lowest BCUT2D eigenvalue weighted by Gasteiger charge is -2.25. The minimum absolute atomic E-state index is 0.00657. The van der Waals surface area contributed by atoms with Gasteiger partial charge in [-0.1, -0.05) is 12.1 Å². The molecular weight excluding hydrogens is 392 g/mol. The number of rotatable bonds is 4. The van der Waals surface area contributed by atoms with Gasteiger partial charge >= 0.3 is 0 Å². The normalized spacial score (nSPS) is 17.8. The van der Waals surface area contributed by atoms with Crippen LogP contribution in [0.25, 0.3) is 5.76 Å². The van der Waals surface area contributed by atoms with E-state index in [2.05, 4.69) is 4.98 Å². The van der Waals surface area contributed by atoms with Crippen molar-refractivity contribution in [1.29, 1.82) is 0 Å². The summed E-state index contributed by atoms with van der Waals surface area (Å²) in [5.74, 6) is -1.08. The standard InChI is InChI=1S/C25H22N2O4/c1-15-7-10-18(14-16(15)2)27-22(20-6-4-5-13-26-20)21(24(29)25(27)30)23(28)17-8-11-19(31-3)12-9-17/h4-14,22,28H,1-3H3/b23-21+. The van der Waals surface area contributed by atoms with Crippen molar-refractivity contribution in [1.82, 2.24) is 4.98 Å². The van der Waals surface area contributed by atoms with Crippen molar-refractivity contribution in [2.45, 2.75) is 19.9 Å². The number of hydrogen-bond acceptors (Lipinski definition) is 5. The fourth-order valence-corrected chi connectivity index (χ4v) is 3.70. The van der Waals surface area contributed by atoms with Crippen LogP contribution in [-0.2, 0) is 9.59 Å². The molecule has 2 aromatic carbocycles. The molecule has 31 heavy (non-hydrogen) atoms. The molecule has 1 aliphatic heterocycles. The predicted octanol–water partition coefficient (Wildman–Crippen LogP) is 4.33. The number of ether oxygens (including phenoxy) is 1. The van der Waals surface area contributed by atoms with Gasteiger partial charge in [-0.25, -0.2) is 0 Å². The number of benzene rings is 2. The van der Waals surface area contributed by atoms with Crippen LogP contribution < -0.4 is 9.64 Å². The summed E-state index contributed by atoms with van der Waals surface area (Å²) < 4.78 is 5.16. The Morgan fingerprint density at radius 2 is 1.74 bits per heavy atom. The maximum Gasteiger partial charge on any atom is 0.300 e. The lowest BCUT2D eigenvalue weighted by molar-refractivity contribution is -0.132. The van der Waals surface area contributed by atoms with Crippen molar-refractivity contribution < 1.29 is 19.4 Å². The number of nitrogens with zero attached hydrogens (tertiary/aromatic N) is 2. The van der Waals surface area contributed by atoms with E-state index in [1.807, 2.05) is 26.0 Å². The Bertz CT molecular complexity index is 1180. The van der Waals surface area contributed by atoms with E-state index < -0.39 is 17.7 Å². The van der Waals surface area contributed by atoms with Crippen molar-refractivity contribution in [2.75, 3.05) is 12.0 Å². The van der Waals surface area contributed by atoms with E-state index in [9.17, 15) is 14.7 Å². The quantitative estimate of drug-likeness (QED) is 0.390. The third kappa shape index (κ3) is 3.57. The second-order valence-electron chi connectivity index (χ2n) is 7.42. The third-order valence-electron chi connectivity index (χ3n) is 5.54. The summed E-state index contributed by atoms with van der Waals surface area (Å²) in [6.07, 6.45) is 1.60. The van der Waals surface area contributed by atoms with Gasteiger partial charge in [0.25, 0.3) is 11.7 Å². The number of carbonyl (C=O) groups excluding carboxylic acids is 2. The first-order chi connectivity index (χ1) is 14.9. The van der Waals surface area contributed by atoms with Gasteiger partial charge in [0.15, 0.2) is 0 Å². The van der Waals surface area contributed by atoms with Crippen LogP contribution >= 0.6 is 0 Å². The lowest BCUT2D eigenvalue weighted by Crippen LogP contribution is -2.29. The van der Waals surface area contributed by atoms with Gasteiger partial charge in [0.1, 0.15) is 17.6 Å². The summed E-state index contributed by atoms with van der Waals surface area (Å²) in [6, 6.07) is 16.7. The molecule has 0 aliphatic carbocycles. The lowest BCUT2D eigenvalue weighted by atomic mass is 9.98. The van der Waals surface area contributed by atoms with Crippen molar-refractivity contribution in [3.63, 3.8) is 0 Å². The van der Waals surface area contributed by atoms with Crippen LogP contribution in [0, 0.1) is 13.8 Å². The Labute approximate surface area is 180 Å². The molecule has 6 heteroatoms. The van der Waals surface area contributed by atoms with Crippen molar-refractivity contribution in [3.8, 4) is 5.75 Å². The van der Waals surface area contributed by atoms with Crippen LogP contribution in [0.4, 0.5) is 5.69 Å². The van der Waals surface area contributed by atoms with Gasteiger partial charge in [-0.3, -0.25) is 19.5 Å². The van der Waals surface area contributed by atoms with E-state index in [4.69, 9.17) is 4.74 Å². The maximum absolute atomic E-state index is 13.1. The summed E-state index contributed by atoms with van der Waals surface area (Å²) in [5.41, 5.74) is 3.57. The highest BCUT2D eigenvalue weighted by Gasteiger charge is 2.47. The molecule has 4 rings (SSSR count). The van der Waals surface area contributed by atoms with Crippen LogP contribution in [0.15, 0.2) is 72.4 Å². The Kier molecular flexibility index (Phi) is 5.29. The molecule has 1 N–H and O–H groups in total. The van der Waals surface area contributed by atoms with Gasteiger partial charge in [-0.05, 0) is 73.5 Å². The second-order valence-corrected chi connectivity index (χ2v) is 7.42. The average molecular weight is 414 g/mol. The van der Waals surface area contributed by atoms with Gasteiger partial charge < -0.3 is 9.84 Å². The molecule has 6 nitrogen and oxygen atoms in total. The molecule has 1 saturated heterocycles. The molecule has 0 saturated carbocycles. The largest absolute Gasteiger partial charge is 0.507 e. The highest BCUT2D eigenvalue weighted by molar-refractivity contribution is 6.51. The number of aryl methyl sites for hydroxylation is 2. The van der Waals surface area contributed by atoms with Gasteiger partial charge in [0.05, 0.1) is 18.4 Å². The van der Waals surface area contributed by atoms with Crippen LogP contribution in [-0.4, -0.2) is 28.9 Å². The molecule has 1 aromatic heterocycles. The number of methoxy groups -OCH3 is 1. The topological polar surface area (TPSA) is 79.7 Å². The van der Waals surface area contributed by atoms with Crippen LogP contribution in [0.3, 0.4) is 0 Å². The van der Waals surface area contributed by atoms with Crippen LogP contribution in [0.1, 0.15) is 28.4 Å². The first kappa shape index (κ1) is 20.3. The van der Waals surface area contributed by atoms with Crippen molar-refractivity contribution in [2.24, 2.45) is 0 Å². The molecule has 1 aliphatic rings. The van der Waals surface area contributed by atoms with Crippen molar-refractivity contribution in [3.05, 3.63) is 94.8 Å². The van der Waals surface area contributed by atoms with E-state index in [1.165, 1.54) is 4.90 Å². The molecule has 3 aromatic rings. The summed E-state index contributed by atoms with van der Waals surface area (Å²) in [6.45, 7) is 3.93. The summed E-state index contributed by atoms with van der Waals surface area (Å²) in [4.78, 5) is 32.0. The molecule has 0 radical (unpaired) electrons. The van der Waals surface area contributed by atoms with Crippen molar-refractivity contribution >= 4 is 23.1 Å². The second kappa shape index (κ2) is 8.07. The average Bonchev–Trinajstić information content (AvgIpc) is 3.06. The van der Waals surface area contributed by atoms with E-state index in [-0.39, 0.29) is 11.3 Å². The fraction of sp³-hybridized carbons (Fsp3) is 0.160. The third-order valence-corrected chi connectivity index (χ3v) is 5.54. The summed E-state index contributed by atoms with van der Waals surface area (Å²) >= 11 is 0. The molecule has 1 atom stereocenters. The number of amides is 1. The van der Waals surface area contributed by atoms with E-state index in [1.54, 1.807) is 61.8 Å². The maximum atomic E-state index is 13.1. The molecule has 1 unspecified atom stereocenters. The molecule has 1 fully saturated rings. The van der Waals surface area contributed by atoms with E-state index in [0.29, 0.717) is 22.7 Å². The number of anilines is 1. The Morgan fingerprint density at radius 1 is 1.00 bits per heavy atom. The smallest absolute Gasteiger partial charge is 0.300 e. The van der Waals surface area contributed by atoms with Gasteiger partial charge in [0, 0.05) is 17.4 Å². The summed E-state index contributed by atoms with van der Waals surface area (Å²) in [5, 5.41) is 11.1. The minimum Gasteiger partial charge on any atom is -0.507 e. The van der Waals surface area contributed by atoms with Crippen LogP contribution in [0.2, 0.25) is 0 Å². The number of hydrogen-bond donors (Lipinski definition) is 1. The first-order valence-corrected chi connectivity index (χ1v) is 9.86. The number of carbonyl (C=O) groups is 2. The van der Waals surface area contributed by atoms with Gasteiger partial charge in [-0.15, -0.1) is 0 Å².